The molecule has 0 rings (SSSR count). The first-order valence-electron chi connectivity index (χ1n) is 6.30. The van der Waals surface area contributed by atoms with Gasteiger partial charge in [0.2, 0.25) is 0 Å². The lowest BCUT2D eigenvalue weighted by Gasteiger charge is -2.30. The Morgan fingerprint density at radius 1 is 1.15 bits per heavy atom. The van der Waals surface area contributed by atoms with E-state index in [9.17, 15) is 22.8 Å². The van der Waals surface area contributed by atoms with E-state index in [-0.39, 0.29) is 18.7 Å². The van der Waals surface area contributed by atoms with Crippen LogP contribution in [0.1, 0.15) is 34.6 Å². The maximum absolute atomic E-state index is 12.5. The van der Waals surface area contributed by atoms with E-state index < -0.39 is 23.5 Å². The number of hydrogen-bond acceptors (Lipinski definition) is 4. The molecule has 0 spiro atoms. The number of halogens is 3. The average molecular weight is 295 g/mol. The van der Waals surface area contributed by atoms with Crippen molar-refractivity contribution in [3.05, 3.63) is 11.8 Å². The van der Waals surface area contributed by atoms with Crippen molar-refractivity contribution < 1.29 is 27.5 Å². The summed E-state index contributed by atoms with van der Waals surface area (Å²) in [5, 5.41) is 0. The van der Waals surface area contributed by atoms with Crippen LogP contribution < -0.4 is 0 Å². The van der Waals surface area contributed by atoms with E-state index >= 15 is 0 Å². The molecule has 0 heterocycles. The third kappa shape index (κ3) is 5.22. The Morgan fingerprint density at radius 3 is 1.90 bits per heavy atom. The second-order valence-corrected chi connectivity index (χ2v) is 4.72. The highest BCUT2D eigenvalue weighted by atomic mass is 19.4. The molecule has 0 unspecified atom stereocenters. The number of carbonyl (C=O) groups excluding carboxylic acids is 2. The van der Waals surface area contributed by atoms with Crippen molar-refractivity contribution in [3.63, 3.8) is 0 Å². The van der Waals surface area contributed by atoms with Crippen molar-refractivity contribution >= 4 is 11.8 Å². The van der Waals surface area contributed by atoms with Gasteiger partial charge in [-0.1, -0.05) is 0 Å². The van der Waals surface area contributed by atoms with Gasteiger partial charge in [-0.15, -0.1) is 0 Å². The van der Waals surface area contributed by atoms with Crippen LogP contribution in [0.2, 0.25) is 0 Å². The van der Waals surface area contributed by atoms with E-state index in [0.29, 0.717) is 0 Å². The number of carbonyl (C=O) groups is 2. The highest BCUT2D eigenvalue weighted by molar-refractivity contribution is 6.19. The van der Waals surface area contributed by atoms with Crippen molar-refractivity contribution in [2.45, 2.75) is 52.9 Å². The number of hydrogen-bond donors (Lipinski definition) is 0. The van der Waals surface area contributed by atoms with Crippen LogP contribution in [0.5, 0.6) is 0 Å². The van der Waals surface area contributed by atoms with Gasteiger partial charge in [-0.25, -0.2) is 4.79 Å². The van der Waals surface area contributed by atoms with Crippen molar-refractivity contribution in [3.8, 4) is 0 Å². The first-order valence-corrected chi connectivity index (χ1v) is 6.30. The molecule has 0 aromatic rings. The van der Waals surface area contributed by atoms with Gasteiger partial charge in [-0.3, -0.25) is 4.79 Å². The van der Waals surface area contributed by atoms with Gasteiger partial charge < -0.3 is 9.64 Å². The predicted molar refractivity (Wildman–Crippen MR) is 67.9 cm³/mol. The maximum Gasteiger partial charge on any atom is 0.455 e. The molecule has 116 valence electrons. The van der Waals surface area contributed by atoms with Crippen LogP contribution in [0.15, 0.2) is 11.8 Å². The highest BCUT2D eigenvalue weighted by Crippen LogP contribution is 2.22. The van der Waals surface area contributed by atoms with Gasteiger partial charge in [0, 0.05) is 18.3 Å². The number of ether oxygens (including phenoxy) is 1. The lowest BCUT2D eigenvalue weighted by atomic mass is 10.1. The zero-order chi connectivity index (χ0) is 16.1. The van der Waals surface area contributed by atoms with Gasteiger partial charge in [0.25, 0.3) is 5.78 Å². The number of Topliss-reactive ketones (excluding diaryl/α,β-unsaturated/α-hetero) is 1. The van der Waals surface area contributed by atoms with Crippen molar-refractivity contribution in [2.75, 3.05) is 6.61 Å². The molecule has 0 aromatic carbocycles. The Morgan fingerprint density at radius 2 is 1.60 bits per heavy atom. The minimum atomic E-state index is -5.11. The molecular formula is C13H20F3NO3. The van der Waals surface area contributed by atoms with Gasteiger partial charge in [0.1, 0.15) is 5.57 Å². The zero-order valence-corrected chi connectivity index (χ0v) is 12.2. The van der Waals surface area contributed by atoms with E-state index in [4.69, 9.17) is 0 Å². The van der Waals surface area contributed by atoms with Crippen LogP contribution >= 0.6 is 0 Å². The van der Waals surface area contributed by atoms with Crippen LogP contribution in [0.25, 0.3) is 0 Å². The molecule has 0 aliphatic carbocycles. The van der Waals surface area contributed by atoms with Crippen LogP contribution in [-0.2, 0) is 14.3 Å². The van der Waals surface area contributed by atoms with Crippen LogP contribution in [-0.4, -0.2) is 41.5 Å². The average Bonchev–Trinajstić information content (AvgIpc) is 2.27. The minimum Gasteiger partial charge on any atom is -0.462 e. The molecule has 0 bridgehead atoms. The molecule has 0 radical (unpaired) electrons. The molecule has 0 saturated carbocycles. The van der Waals surface area contributed by atoms with Crippen molar-refractivity contribution in [1.29, 1.82) is 0 Å². The van der Waals surface area contributed by atoms with E-state index in [1.165, 1.54) is 11.8 Å². The van der Waals surface area contributed by atoms with Gasteiger partial charge >= 0.3 is 12.1 Å². The minimum absolute atomic E-state index is 0.106. The summed E-state index contributed by atoms with van der Waals surface area (Å²) in [5.74, 6) is -3.46. The first-order chi connectivity index (χ1) is 9.02. The van der Waals surface area contributed by atoms with E-state index in [2.05, 4.69) is 4.74 Å². The molecule has 0 amide bonds. The van der Waals surface area contributed by atoms with E-state index in [0.717, 1.165) is 6.20 Å². The molecule has 4 nitrogen and oxygen atoms in total. The molecule has 0 aliphatic heterocycles. The second kappa shape index (κ2) is 7.31. The molecule has 0 aromatic heterocycles. The Hall–Kier alpha value is -1.53. The highest BCUT2D eigenvalue weighted by Gasteiger charge is 2.44. The third-order valence-electron chi connectivity index (χ3n) is 2.47. The zero-order valence-electron chi connectivity index (χ0n) is 12.2. The van der Waals surface area contributed by atoms with Crippen LogP contribution in [0.4, 0.5) is 13.2 Å². The van der Waals surface area contributed by atoms with Crippen molar-refractivity contribution in [1.82, 2.24) is 4.90 Å². The van der Waals surface area contributed by atoms with Gasteiger partial charge in [0.05, 0.1) is 6.61 Å². The topological polar surface area (TPSA) is 46.6 Å². The molecule has 7 heteroatoms. The summed E-state index contributed by atoms with van der Waals surface area (Å²) < 4.78 is 42.1. The fraction of sp³-hybridized carbons (Fsp3) is 0.692. The normalized spacial score (nSPS) is 12.8. The molecule has 0 atom stereocenters. The summed E-state index contributed by atoms with van der Waals surface area (Å²) in [6.45, 7) is 8.34. The summed E-state index contributed by atoms with van der Waals surface area (Å²) in [4.78, 5) is 24.4. The maximum atomic E-state index is 12.5. The third-order valence-corrected chi connectivity index (χ3v) is 2.47. The van der Waals surface area contributed by atoms with Crippen LogP contribution in [0.3, 0.4) is 0 Å². The lowest BCUT2D eigenvalue weighted by molar-refractivity contribution is -0.168. The van der Waals surface area contributed by atoms with Gasteiger partial charge in [-0.2, -0.15) is 13.2 Å². The standard InChI is InChI=1S/C13H20F3NO3/c1-6-20-12(19)10(11(18)13(14,15)16)7-17(8(2)3)9(4)5/h7-9H,6H2,1-5H3. The summed E-state index contributed by atoms with van der Waals surface area (Å²) in [6.07, 6.45) is -4.18. The van der Waals surface area contributed by atoms with Gasteiger partial charge in [-0.05, 0) is 34.6 Å². The fourth-order valence-electron chi connectivity index (χ4n) is 1.61. The smallest absolute Gasteiger partial charge is 0.455 e. The predicted octanol–water partition coefficient (Wildman–Crippen LogP) is 2.68. The Bertz CT molecular complexity index is 379. The summed E-state index contributed by atoms with van der Waals surface area (Å²) in [5.41, 5.74) is -0.998. The first kappa shape index (κ1) is 18.5. The number of nitrogens with zero attached hydrogens (tertiary/aromatic N) is 1. The second-order valence-electron chi connectivity index (χ2n) is 4.72. The molecule has 0 aliphatic rings. The number of rotatable bonds is 6. The lowest BCUT2D eigenvalue weighted by Crippen LogP contribution is -2.36. The quantitative estimate of drug-likeness (QED) is 0.327. The largest absolute Gasteiger partial charge is 0.462 e. The number of ketones is 1. The van der Waals surface area contributed by atoms with E-state index in [1.54, 1.807) is 27.7 Å². The molecule has 20 heavy (non-hydrogen) atoms. The summed E-state index contributed by atoms with van der Waals surface area (Å²) in [7, 11) is 0. The summed E-state index contributed by atoms with van der Waals surface area (Å²) >= 11 is 0. The monoisotopic (exact) mass is 295 g/mol. The van der Waals surface area contributed by atoms with Crippen molar-refractivity contribution in [2.24, 2.45) is 0 Å². The Balaban J connectivity index is 5.63. The fourth-order valence-corrected chi connectivity index (χ4v) is 1.61. The molecule has 0 saturated heterocycles. The Labute approximate surface area is 116 Å². The molecule has 0 N–H and O–H groups in total. The molecule has 0 fully saturated rings. The van der Waals surface area contributed by atoms with Crippen LogP contribution in [0, 0.1) is 0 Å². The summed E-state index contributed by atoms with van der Waals surface area (Å²) in [6, 6.07) is -0.332. The number of alkyl halides is 3. The molecular weight excluding hydrogens is 275 g/mol. The van der Waals surface area contributed by atoms with Gasteiger partial charge in [0.15, 0.2) is 0 Å². The Kier molecular flexibility index (Phi) is 6.75. The van der Waals surface area contributed by atoms with E-state index in [1.807, 2.05) is 0 Å². The number of esters is 1. The SMILES string of the molecule is CCOC(=O)C(=CN(C(C)C)C(C)C)C(=O)C(F)(F)F.